The lowest BCUT2D eigenvalue weighted by atomic mass is 10.1. The van der Waals surface area contributed by atoms with Gasteiger partial charge in [0.15, 0.2) is 6.61 Å². The van der Waals surface area contributed by atoms with Crippen LogP contribution in [0.15, 0.2) is 36.4 Å². The first-order valence-electron chi connectivity index (χ1n) is 8.46. The lowest BCUT2D eigenvalue weighted by Gasteiger charge is -2.12. The van der Waals surface area contributed by atoms with Crippen LogP contribution >= 0.6 is 23.2 Å². The second kappa shape index (κ2) is 8.50. The number of hydrogen-bond donors (Lipinski definition) is 3. The number of esters is 1. The fraction of sp³-hybridized carbons (Fsp3) is 0.211. The summed E-state index contributed by atoms with van der Waals surface area (Å²) in [6, 6.07) is 9.47. The number of benzene rings is 2. The van der Waals surface area contributed by atoms with E-state index in [2.05, 4.69) is 10.6 Å². The first-order chi connectivity index (χ1) is 13.3. The molecule has 3 rings (SSSR count). The van der Waals surface area contributed by atoms with E-state index in [0.29, 0.717) is 11.3 Å². The lowest BCUT2D eigenvalue weighted by Crippen LogP contribution is -2.28. The minimum Gasteiger partial charge on any atom is -0.452 e. The predicted octanol–water partition coefficient (Wildman–Crippen LogP) is 3.26. The molecular formula is C19H17Cl2N3O4. The van der Waals surface area contributed by atoms with Gasteiger partial charge in [-0.05, 0) is 37.1 Å². The van der Waals surface area contributed by atoms with E-state index in [9.17, 15) is 14.4 Å². The summed E-state index contributed by atoms with van der Waals surface area (Å²) in [6.07, 6.45) is 1.90. The molecule has 0 unspecified atom stereocenters. The van der Waals surface area contributed by atoms with Gasteiger partial charge in [-0.1, -0.05) is 35.3 Å². The molecule has 1 aliphatic rings. The molecule has 0 aromatic heterocycles. The van der Waals surface area contributed by atoms with Gasteiger partial charge in [-0.3, -0.25) is 9.59 Å². The summed E-state index contributed by atoms with van der Waals surface area (Å²) in [5.74, 6) is -1.71. The van der Waals surface area contributed by atoms with Crippen LogP contribution in [0.4, 0.5) is 11.4 Å². The molecule has 1 fully saturated rings. The molecule has 7 nitrogen and oxygen atoms in total. The molecule has 0 atom stereocenters. The zero-order valence-electron chi connectivity index (χ0n) is 14.6. The molecule has 0 spiro atoms. The maximum Gasteiger partial charge on any atom is 0.340 e. The largest absolute Gasteiger partial charge is 0.452 e. The van der Waals surface area contributed by atoms with Crippen LogP contribution < -0.4 is 16.4 Å². The summed E-state index contributed by atoms with van der Waals surface area (Å²) in [5, 5.41) is 5.75. The maximum atomic E-state index is 12.3. The zero-order valence-corrected chi connectivity index (χ0v) is 16.1. The van der Waals surface area contributed by atoms with E-state index in [4.69, 9.17) is 33.7 Å². The molecule has 4 N–H and O–H groups in total. The molecular weight excluding hydrogens is 405 g/mol. The Hall–Kier alpha value is -2.77. The molecule has 1 aliphatic carbocycles. The van der Waals surface area contributed by atoms with E-state index in [1.54, 1.807) is 24.3 Å². The molecule has 2 amide bonds. The fourth-order valence-corrected chi connectivity index (χ4v) is 2.92. The fourth-order valence-electron chi connectivity index (χ4n) is 2.43. The van der Waals surface area contributed by atoms with E-state index in [0.717, 1.165) is 12.8 Å². The summed E-state index contributed by atoms with van der Waals surface area (Å²) in [5.41, 5.74) is 6.38. The van der Waals surface area contributed by atoms with Crippen molar-refractivity contribution < 1.29 is 19.1 Å². The van der Waals surface area contributed by atoms with Crippen molar-refractivity contribution in [3.05, 3.63) is 57.6 Å². The smallest absolute Gasteiger partial charge is 0.340 e. The van der Waals surface area contributed by atoms with Crippen molar-refractivity contribution >= 4 is 52.4 Å². The quantitative estimate of drug-likeness (QED) is 0.489. The zero-order chi connectivity index (χ0) is 20.3. The van der Waals surface area contributed by atoms with Gasteiger partial charge in [0, 0.05) is 11.1 Å². The third-order valence-corrected chi connectivity index (χ3v) is 4.54. The van der Waals surface area contributed by atoms with Crippen LogP contribution in [-0.2, 0) is 9.53 Å². The number of para-hydroxylation sites is 1. The van der Waals surface area contributed by atoms with E-state index in [1.807, 2.05) is 0 Å². The highest BCUT2D eigenvalue weighted by Gasteiger charge is 2.25. The van der Waals surface area contributed by atoms with Crippen LogP contribution in [0, 0.1) is 0 Å². The predicted molar refractivity (Wildman–Crippen MR) is 107 cm³/mol. The number of nitrogens with one attached hydrogen (secondary N) is 2. The summed E-state index contributed by atoms with van der Waals surface area (Å²) in [7, 11) is 0. The Morgan fingerprint density at radius 3 is 2.54 bits per heavy atom. The first-order valence-corrected chi connectivity index (χ1v) is 9.22. The van der Waals surface area contributed by atoms with Gasteiger partial charge in [0.05, 0.1) is 27.5 Å². The number of rotatable bonds is 6. The minimum atomic E-state index is -0.836. The molecule has 0 saturated heterocycles. The maximum absolute atomic E-state index is 12.3. The highest BCUT2D eigenvalue weighted by Crippen LogP contribution is 2.28. The van der Waals surface area contributed by atoms with E-state index >= 15 is 0 Å². The molecule has 146 valence electrons. The molecule has 28 heavy (non-hydrogen) atoms. The number of ether oxygens (including phenoxy) is 1. The van der Waals surface area contributed by atoms with Crippen molar-refractivity contribution in [1.29, 1.82) is 0 Å². The number of anilines is 2. The van der Waals surface area contributed by atoms with Crippen LogP contribution in [0.3, 0.4) is 0 Å². The van der Waals surface area contributed by atoms with Crippen molar-refractivity contribution in [3.63, 3.8) is 0 Å². The Kier molecular flexibility index (Phi) is 6.06. The third kappa shape index (κ3) is 4.94. The van der Waals surface area contributed by atoms with Gasteiger partial charge >= 0.3 is 5.97 Å². The number of amides is 2. The van der Waals surface area contributed by atoms with E-state index in [-0.39, 0.29) is 33.2 Å². The van der Waals surface area contributed by atoms with Gasteiger partial charge in [-0.15, -0.1) is 0 Å². The lowest BCUT2D eigenvalue weighted by molar-refractivity contribution is -0.119. The molecule has 0 radical (unpaired) electrons. The summed E-state index contributed by atoms with van der Waals surface area (Å²) in [4.78, 5) is 36.6. The second-order valence-electron chi connectivity index (χ2n) is 6.27. The first kappa shape index (κ1) is 20.0. The molecule has 0 bridgehead atoms. The molecule has 2 aromatic rings. The van der Waals surface area contributed by atoms with Gasteiger partial charge in [-0.2, -0.15) is 0 Å². The van der Waals surface area contributed by atoms with Crippen molar-refractivity contribution in [2.75, 3.05) is 17.7 Å². The normalized spacial score (nSPS) is 12.9. The standard InChI is InChI=1S/C19H17Cl2N3O4/c20-10-7-13(17(22)14(21)8-10)19(27)28-9-16(25)24-15-4-2-1-3-12(15)18(26)23-11-5-6-11/h1-4,7-8,11H,5-6,9,22H2,(H,23,26)(H,24,25). The highest BCUT2D eigenvalue weighted by molar-refractivity contribution is 6.37. The summed E-state index contributed by atoms with van der Waals surface area (Å²) in [6.45, 7) is -0.568. The Bertz CT molecular complexity index is 945. The Morgan fingerprint density at radius 1 is 1.11 bits per heavy atom. The number of halogens is 2. The molecule has 9 heteroatoms. The molecule has 0 heterocycles. The number of carbonyl (C=O) groups is 3. The van der Waals surface area contributed by atoms with Gasteiger partial charge in [-0.25, -0.2) is 4.79 Å². The van der Waals surface area contributed by atoms with E-state index < -0.39 is 18.5 Å². The molecule has 1 saturated carbocycles. The molecule has 2 aromatic carbocycles. The monoisotopic (exact) mass is 421 g/mol. The number of nitrogens with two attached hydrogens (primary N) is 1. The third-order valence-electron chi connectivity index (χ3n) is 4.01. The van der Waals surface area contributed by atoms with E-state index in [1.165, 1.54) is 12.1 Å². The number of hydrogen-bond acceptors (Lipinski definition) is 5. The Balaban J connectivity index is 1.62. The minimum absolute atomic E-state index is 0.0126. The van der Waals surface area contributed by atoms with Gasteiger partial charge in [0.2, 0.25) is 0 Å². The van der Waals surface area contributed by atoms with Gasteiger partial charge in [0.1, 0.15) is 0 Å². The van der Waals surface area contributed by atoms with Gasteiger partial charge < -0.3 is 21.1 Å². The summed E-state index contributed by atoms with van der Waals surface area (Å²) >= 11 is 11.7. The molecule has 0 aliphatic heterocycles. The second-order valence-corrected chi connectivity index (χ2v) is 7.11. The van der Waals surface area contributed by atoms with Crippen LogP contribution in [0.25, 0.3) is 0 Å². The Morgan fingerprint density at radius 2 is 1.82 bits per heavy atom. The average molecular weight is 422 g/mol. The van der Waals surface area contributed by atoms with Gasteiger partial charge in [0.25, 0.3) is 11.8 Å². The number of nitrogen functional groups attached to an aromatic ring is 1. The SMILES string of the molecule is Nc1c(Cl)cc(Cl)cc1C(=O)OCC(=O)Nc1ccccc1C(=O)NC1CC1. The van der Waals surface area contributed by atoms with Crippen LogP contribution in [-0.4, -0.2) is 30.4 Å². The number of carbonyl (C=O) groups excluding carboxylic acids is 3. The van der Waals surface area contributed by atoms with Crippen molar-refractivity contribution in [2.45, 2.75) is 18.9 Å². The van der Waals surface area contributed by atoms with Crippen molar-refractivity contribution in [1.82, 2.24) is 5.32 Å². The topological polar surface area (TPSA) is 111 Å². The van der Waals surface area contributed by atoms with Crippen LogP contribution in [0.2, 0.25) is 10.0 Å². The van der Waals surface area contributed by atoms with Crippen LogP contribution in [0.5, 0.6) is 0 Å². The van der Waals surface area contributed by atoms with Crippen molar-refractivity contribution in [2.24, 2.45) is 0 Å². The van der Waals surface area contributed by atoms with Crippen LogP contribution in [0.1, 0.15) is 33.6 Å². The highest BCUT2D eigenvalue weighted by atomic mass is 35.5. The van der Waals surface area contributed by atoms with Crippen molar-refractivity contribution in [3.8, 4) is 0 Å². The average Bonchev–Trinajstić information content (AvgIpc) is 3.47. The summed E-state index contributed by atoms with van der Waals surface area (Å²) < 4.78 is 4.98. The Labute approximate surface area is 171 Å².